The van der Waals surface area contributed by atoms with Gasteiger partial charge in [0.25, 0.3) is 5.91 Å². The topological polar surface area (TPSA) is 104 Å². The second kappa shape index (κ2) is 8.12. The van der Waals surface area contributed by atoms with Crippen LogP contribution in [0.5, 0.6) is 5.75 Å². The zero-order chi connectivity index (χ0) is 22.1. The van der Waals surface area contributed by atoms with Crippen LogP contribution in [0.4, 0.5) is 4.39 Å². The Morgan fingerprint density at radius 1 is 1.25 bits per heavy atom. The highest BCUT2D eigenvalue weighted by Gasteiger charge is 2.25. The monoisotopic (exact) mass is 427 g/mol. The first-order valence-corrected chi connectivity index (χ1v) is 10.2. The van der Waals surface area contributed by atoms with Crippen molar-refractivity contribution in [3.05, 3.63) is 77.5 Å². The molecule has 1 aliphatic rings. The number of nitrogens with one attached hydrogen (secondary N) is 2. The number of fused-ring (bicyclic) bond motifs is 1. The maximum atomic E-state index is 13.7. The van der Waals surface area contributed by atoms with E-state index in [9.17, 15) is 9.18 Å². The van der Waals surface area contributed by atoms with E-state index in [0.717, 1.165) is 24.0 Å². The lowest BCUT2D eigenvalue weighted by Gasteiger charge is -2.14. The molecule has 0 unspecified atom stereocenters. The third kappa shape index (κ3) is 3.88. The largest absolute Gasteiger partial charge is 0.490 e. The fraction of sp³-hybridized carbons (Fsp3) is 0.167. The number of hydrogen-bond acceptors (Lipinski definition) is 5. The zero-order valence-corrected chi connectivity index (χ0v) is 16.9. The molecular formula is C24H18FN5O2. The number of H-pyrrole nitrogens is 1. The SMILES string of the molecule is N#Cc1ncc(CNC(=O)c2ccc(-c3cccc(F)c3)c(OC3CC3)c2)c2[nH]ncc12. The number of carbonyl (C=O) groups excluding carboxylic acids is 1. The van der Waals surface area contributed by atoms with Gasteiger partial charge < -0.3 is 10.1 Å². The average Bonchev–Trinajstić information content (AvgIpc) is 3.48. The molecule has 0 atom stereocenters. The summed E-state index contributed by atoms with van der Waals surface area (Å²) >= 11 is 0. The second-order valence-electron chi connectivity index (χ2n) is 7.62. The Kier molecular flexibility index (Phi) is 5.00. The highest BCUT2D eigenvalue weighted by Crippen LogP contribution is 2.36. The Balaban J connectivity index is 1.39. The van der Waals surface area contributed by atoms with Crippen LogP contribution >= 0.6 is 0 Å². The predicted octanol–water partition coefficient (Wildman–Crippen LogP) is 4.11. The molecular weight excluding hydrogens is 409 g/mol. The van der Waals surface area contributed by atoms with Crippen molar-refractivity contribution < 1.29 is 13.9 Å². The van der Waals surface area contributed by atoms with E-state index in [1.165, 1.54) is 12.1 Å². The fourth-order valence-electron chi connectivity index (χ4n) is 3.51. The molecule has 158 valence electrons. The van der Waals surface area contributed by atoms with Gasteiger partial charge in [0.1, 0.15) is 17.6 Å². The van der Waals surface area contributed by atoms with Crippen molar-refractivity contribution in [2.24, 2.45) is 0 Å². The highest BCUT2D eigenvalue weighted by molar-refractivity contribution is 5.96. The van der Waals surface area contributed by atoms with E-state index in [1.54, 1.807) is 36.7 Å². The number of aromatic amines is 1. The molecule has 2 heterocycles. The van der Waals surface area contributed by atoms with Crippen molar-refractivity contribution in [1.82, 2.24) is 20.5 Å². The van der Waals surface area contributed by atoms with Crippen LogP contribution in [0.15, 0.2) is 54.9 Å². The summed E-state index contributed by atoms with van der Waals surface area (Å²) in [6, 6.07) is 13.5. The molecule has 1 fully saturated rings. The summed E-state index contributed by atoms with van der Waals surface area (Å²) in [4.78, 5) is 17.0. The minimum atomic E-state index is -0.331. The molecule has 8 heteroatoms. The molecule has 0 aliphatic heterocycles. The number of halogens is 1. The Bertz CT molecular complexity index is 1370. The van der Waals surface area contributed by atoms with Crippen LogP contribution in [-0.2, 0) is 6.54 Å². The summed E-state index contributed by atoms with van der Waals surface area (Å²) < 4.78 is 19.7. The van der Waals surface area contributed by atoms with Crippen molar-refractivity contribution in [3.8, 4) is 22.9 Å². The van der Waals surface area contributed by atoms with Crippen LogP contribution in [0.3, 0.4) is 0 Å². The molecule has 0 bridgehead atoms. The summed E-state index contributed by atoms with van der Waals surface area (Å²) in [6.07, 6.45) is 5.14. The predicted molar refractivity (Wildman–Crippen MR) is 115 cm³/mol. The Morgan fingerprint density at radius 2 is 2.12 bits per heavy atom. The number of carbonyl (C=O) groups is 1. The lowest BCUT2D eigenvalue weighted by molar-refractivity contribution is 0.0950. The molecule has 32 heavy (non-hydrogen) atoms. The Morgan fingerprint density at radius 3 is 2.91 bits per heavy atom. The van der Waals surface area contributed by atoms with Gasteiger partial charge in [0.15, 0.2) is 5.69 Å². The van der Waals surface area contributed by atoms with Crippen molar-refractivity contribution in [2.45, 2.75) is 25.5 Å². The number of nitriles is 1. The van der Waals surface area contributed by atoms with Gasteiger partial charge in [-0.3, -0.25) is 9.89 Å². The van der Waals surface area contributed by atoms with E-state index >= 15 is 0 Å². The smallest absolute Gasteiger partial charge is 0.251 e. The average molecular weight is 427 g/mol. The van der Waals surface area contributed by atoms with E-state index in [0.29, 0.717) is 27.8 Å². The molecule has 0 radical (unpaired) electrons. The van der Waals surface area contributed by atoms with Gasteiger partial charge in [-0.05, 0) is 48.7 Å². The summed E-state index contributed by atoms with van der Waals surface area (Å²) in [5.41, 5.74) is 3.52. The van der Waals surface area contributed by atoms with E-state index in [1.807, 2.05) is 12.1 Å². The molecule has 2 N–H and O–H groups in total. The number of rotatable bonds is 6. The standard InChI is InChI=1S/C24H18FN5O2/c25-17-3-1-2-14(8-17)19-7-4-15(9-22(19)32-18-5-6-18)24(31)28-12-16-11-27-21(10-26)20-13-29-30-23(16)20/h1-4,7-9,11,13,18H,5-6,12H2,(H,28,31)(H,29,30). The quantitative estimate of drug-likeness (QED) is 0.482. The van der Waals surface area contributed by atoms with Crippen molar-refractivity contribution in [3.63, 3.8) is 0 Å². The van der Waals surface area contributed by atoms with Crippen molar-refractivity contribution in [1.29, 1.82) is 5.26 Å². The number of nitrogens with zero attached hydrogens (tertiary/aromatic N) is 3. The maximum Gasteiger partial charge on any atom is 0.251 e. The van der Waals surface area contributed by atoms with Gasteiger partial charge in [-0.25, -0.2) is 9.37 Å². The fourth-order valence-corrected chi connectivity index (χ4v) is 3.51. The van der Waals surface area contributed by atoms with Gasteiger partial charge in [0.05, 0.1) is 23.2 Å². The molecule has 5 rings (SSSR count). The minimum absolute atomic E-state index is 0.124. The third-order valence-electron chi connectivity index (χ3n) is 5.31. The summed E-state index contributed by atoms with van der Waals surface area (Å²) in [5, 5.41) is 19.5. The lowest BCUT2D eigenvalue weighted by Crippen LogP contribution is -2.23. The van der Waals surface area contributed by atoms with Crippen LogP contribution in [-0.4, -0.2) is 27.2 Å². The van der Waals surface area contributed by atoms with Crippen LogP contribution in [0.2, 0.25) is 0 Å². The van der Waals surface area contributed by atoms with Gasteiger partial charge in [-0.1, -0.05) is 12.1 Å². The molecule has 2 aromatic heterocycles. The number of aromatic nitrogens is 3. The van der Waals surface area contributed by atoms with Crippen molar-refractivity contribution in [2.75, 3.05) is 0 Å². The van der Waals surface area contributed by atoms with E-state index in [-0.39, 0.29) is 30.1 Å². The molecule has 1 aliphatic carbocycles. The zero-order valence-electron chi connectivity index (χ0n) is 16.9. The number of amides is 1. The van der Waals surface area contributed by atoms with E-state index in [4.69, 9.17) is 10.00 Å². The molecule has 0 saturated heterocycles. The number of hydrogen-bond donors (Lipinski definition) is 2. The van der Waals surface area contributed by atoms with Crippen LogP contribution in [0.1, 0.15) is 34.5 Å². The lowest BCUT2D eigenvalue weighted by atomic mass is 10.0. The summed E-state index contributed by atoms with van der Waals surface area (Å²) in [5.74, 6) is -0.0574. The van der Waals surface area contributed by atoms with E-state index in [2.05, 4.69) is 20.5 Å². The Hall–Kier alpha value is -4.25. The van der Waals surface area contributed by atoms with Gasteiger partial charge in [0.2, 0.25) is 0 Å². The highest BCUT2D eigenvalue weighted by atomic mass is 19.1. The first-order chi connectivity index (χ1) is 15.6. The molecule has 1 saturated carbocycles. The first kappa shape index (κ1) is 19.7. The van der Waals surface area contributed by atoms with Gasteiger partial charge in [-0.15, -0.1) is 0 Å². The third-order valence-corrected chi connectivity index (χ3v) is 5.31. The molecule has 1 amide bonds. The molecule has 4 aromatic rings. The number of ether oxygens (including phenoxy) is 1. The first-order valence-electron chi connectivity index (χ1n) is 10.2. The van der Waals surface area contributed by atoms with Gasteiger partial charge >= 0.3 is 0 Å². The number of pyridine rings is 1. The van der Waals surface area contributed by atoms with Gasteiger partial charge in [0, 0.05) is 29.4 Å². The van der Waals surface area contributed by atoms with Gasteiger partial charge in [-0.2, -0.15) is 10.4 Å². The molecule has 7 nitrogen and oxygen atoms in total. The van der Waals surface area contributed by atoms with Crippen molar-refractivity contribution >= 4 is 16.8 Å². The summed E-state index contributed by atoms with van der Waals surface area (Å²) in [6.45, 7) is 0.209. The van der Waals surface area contributed by atoms with E-state index < -0.39 is 0 Å². The normalized spacial score (nSPS) is 13.0. The van der Waals surface area contributed by atoms with Crippen LogP contribution < -0.4 is 10.1 Å². The van der Waals surface area contributed by atoms with Crippen LogP contribution in [0, 0.1) is 17.1 Å². The summed E-state index contributed by atoms with van der Waals surface area (Å²) in [7, 11) is 0. The maximum absolute atomic E-state index is 13.7. The minimum Gasteiger partial charge on any atom is -0.490 e. The Labute approximate surface area is 182 Å². The number of benzene rings is 2. The molecule has 0 spiro atoms. The second-order valence-corrected chi connectivity index (χ2v) is 7.62. The molecule has 2 aromatic carbocycles. The van der Waals surface area contributed by atoms with Crippen LogP contribution in [0.25, 0.3) is 22.0 Å².